The summed E-state index contributed by atoms with van der Waals surface area (Å²) in [5.41, 5.74) is 2.08. The average Bonchev–Trinajstić information content (AvgIpc) is 2.28. The Balaban J connectivity index is 3.14. The third-order valence-corrected chi connectivity index (χ3v) is 2.21. The number of carbonyl (C=O) groups excluding carboxylic acids is 1. The summed E-state index contributed by atoms with van der Waals surface area (Å²) in [6, 6.07) is 3.17. The fourth-order valence-electron chi connectivity index (χ4n) is 1.35. The Kier molecular flexibility index (Phi) is 4.39. The first-order chi connectivity index (χ1) is 7.62. The van der Waals surface area contributed by atoms with E-state index in [-0.39, 0.29) is 6.42 Å². The van der Waals surface area contributed by atoms with Crippen LogP contribution in [0, 0.1) is 0 Å². The second-order valence-electron chi connectivity index (χ2n) is 3.01. The van der Waals surface area contributed by atoms with Crippen LogP contribution in [0.2, 0.25) is 5.02 Å². The number of rotatable bonds is 4. The molecule has 0 aromatic heterocycles. The topological polar surface area (TPSA) is 67.8 Å². The molecule has 0 saturated heterocycles. The summed E-state index contributed by atoms with van der Waals surface area (Å²) < 4.78 is 10.2. The van der Waals surface area contributed by atoms with Crippen molar-refractivity contribution in [1.82, 2.24) is 5.48 Å². The van der Waals surface area contributed by atoms with Gasteiger partial charge in [-0.05, 0) is 6.07 Å². The minimum atomic E-state index is -0.553. The number of nitrogens with one attached hydrogen (secondary N) is 1. The SMILES string of the molecule is COc1cc(Cl)cc(CC(=O)NO)c1OC. The quantitative estimate of drug-likeness (QED) is 0.622. The maximum absolute atomic E-state index is 11.1. The van der Waals surface area contributed by atoms with Crippen LogP contribution in [0.5, 0.6) is 11.5 Å². The van der Waals surface area contributed by atoms with Gasteiger partial charge < -0.3 is 9.47 Å². The van der Waals surface area contributed by atoms with Gasteiger partial charge in [0.05, 0.1) is 20.6 Å². The lowest BCUT2D eigenvalue weighted by Crippen LogP contribution is -2.21. The van der Waals surface area contributed by atoms with E-state index in [1.54, 1.807) is 17.6 Å². The zero-order chi connectivity index (χ0) is 12.1. The molecule has 0 heterocycles. The number of methoxy groups -OCH3 is 2. The van der Waals surface area contributed by atoms with E-state index in [1.165, 1.54) is 14.2 Å². The highest BCUT2D eigenvalue weighted by Crippen LogP contribution is 2.34. The molecule has 1 amide bonds. The molecule has 6 heteroatoms. The molecule has 88 valence electrons. The Labute approximate surface area is 97.9 Å². The maximum Gasteiger partial charge on any atom is 0.247 e. The predicted octanol–water partition coefficient (Wildman–Crippen LogP) is 1.41. The van der Waals surface area contributed by atoms with Crippen molar-refractivity contribution < 1.29 is 19.5 Å². The van der Waals surface area contributed by atoms with E-state index in [2.05, 4.69) is 0 Å². The zero-order valence-corrected chi connectivity index (χ0v) is 9.67. The van der Waals surface area contributed by atoms with Crippen molar-refractivity contribution in [3.05, 3.63) is 22.7 Å². The number of hydrogen-bond acceptors (Lipinski definition) is 4. The van der Waals surface area contributed by atoms with Crippen LogP contribution in [0.15, 0.2) is 12.1 Å². The van der Waals surface area contributed by atoms with Crippen molar-refractivity contribution in [2.45, 2.75) is 6.42 Å². The maximum atomic E-state index is 11.1. The van der Waals surface area contributed by atoms with Crippen molar-refractivity contribution in [3.8, 4) is 11.5 Å². The fourth-order valence-corrected chi connectivity index (χ4v) is 1.58. The number of benzene rings is 1. The zero-order valence-electron chi connectivity index (χ0n) is 8.91. The van der Waals surface area contributed by atoms with Gasteiger partial charge in [-0.1, -0.05) is 11.6 Å². The van der Waals surface area contributed by atoms with Crippen LogP contribution < -0.4 is 15.0 Å². The molecule has 0 aliphatic heterocycles. The van der Waals surface area contributed by atoms with E-state index in [1.807, 2.05) is 0 Å². The van der Waals surface area contributed by atoms with E-state index >= 15 is 0 Å². The van der Waals surface area contributed by atoms with Gasteiger partial charge >= 0.3 is 0 Å². The number of halogens is 1. The van der Waals surface area contributed by atoms with E-state index in [4.69, 9.17) is 26.3 Å². The number of carbonyl (C=O) groups is 1. The minimum absolute atomic E-state index is 0.0450. The first-order valence-electron chi connectivity index (χ1n) is 4.45. The Hall–Kier alpha value is -1.46. The molecule has 16 heavy (non-hydrogen) atoms. The highest BCUT2D eigenvalue weighted by molar-refractivity contribution is 6.30. The largest absolute Gasteiger partial charge is 0.493 e. The highest BCUT2D eigenvalue weighted by Gasteiger charge is 2.14. The Morgan fingerprint density at radius 2 is 2.12 bits per heavy atom. The smallest absolute Gasteiger partial charge is 0.247 e. The second kappa shape index (κ2) is 5.58. The lowest BCUT2D eigenvalue weighted by atomic mass is 10.1. The molecule has 0 fully saturated rings. The summed E-state index contributed by atoms with van der Waals surface area (Å²) in [5.74, 6) is 0.314. The molecule has 0 spiro atoms. The molecular formula is C10H12ClNO4. The molecule has 0 aliphatic carbocycles. The molecule has 1 rings (SSSR count). The molecule has 1 aromatic rings. The number of amides is 1. The van der Waals surface area contributed by atoms with E-state index in [9.17, 15) is 4.79 Å². The number of hydrogen-bond donors (Lipinski definition) is 2. The molecule has 0 aliphatic rings. The van der Waals surface area contributed by atoms with E-state index in [0.29, 0.717) is 22.1 Å². The van der Waals surface area contributed by atoms with Crippen LogP contribution in [-0.2, 0) is 11.2 Å². The molecule has 0 atom stereocenters. The van der Waals surface area contributed by atoms with Crippen molar-refractivity contribution >= 4 is 17.5 Å². The Morgan fingerprint density at radius 1 is 1.44 bits per heavy atom. The van der Waals surface area contributed by atoms with Gasteiger partial charge in [-0.2, -0.15) is 0 Å². The van der Waals surface area contributed by atoms with Gasteiger partial charge in [0.25, 0.3) is 0 Å². The normalized spacial score (nSPS) is 9.75. The summed E-state index contributed by atoms with van der Waals surface area (Å²) in [5, 5.41) is 8.88. The van der Waals surface area contributed by atoms with Crippen molar-refractivity contribution in [1.29, 1.82) is 0 Å². The Morgan fingerprint density at radius 3 is 2.62 bits per heavy atom. The molecular weight excluding hydrogens is 234 g/mol. The lowest BCUT2D eigenvalue weighted by molar-refractivity contribution is -0.128. The summed E-state index contributed by atoms with van der Waals surface area (Å²) in [4.78, 5) is 11.1. The molecule has 0 saturated carbocycles. The number of ether oxygens (including phenoxy) is 2. The van der Waals surface area contributed by atoms with Gasteiger partial charge in [0.2, 0.25) is 5.91 Å². The summed E-state index contributed by atoms with van der Waals surface area (Å²) in [6.45, 7) is 0. The van der Waals surface area contributed by atoms with Gasteiger partial charge in [0.15, 0.2) is 11.5 Å². The summed E-state index contributed by atoms with van der Waals surface area (Å²) in [6.07, 6.45) is -0.0450. The predicted molar refractivity (Wildman–Crippen MR) is 58.2 cm³/mol. The van der Waals surface area contributed by atoms with Gasteiger partial charge in [0, 0.05) is 16.7 Å². The second-order valence-corrected chi connectivity index (χ2v) is 3.45. The minimum Gasteiger partial charge on any atom is -0.493 e. The third-order valence-electron chi connectivity index (χ3n) is 2.00. The number of hydroxylamine groups is 1. The average molecular weight is 246 g/mol. The lowest BCUT2D eigenvalue weighted by Gasteiger charge is -2.12. The first kappa shape index (κ1) is 12.6. The van der Waals surface area contributed by atoms with Crippen LogP contribution in [0.25, 0.3) is 0 Å². The van der Waals surface area contributed by atoms with Crippen LogP contribution >= 0.6 is 11.6 Å². The Bertz CT molecular complexity index is 395. The molecule has 0 radical (unpaired) electrons. The van der Waals surface area contributed by atoms with Crippen LogP contribution in [0.3, 0.4) is 0 Å². The van der Waals surface area contributed by atoms with Gasteiger partial charge in [-0.3, -0.25) is 10.0 Å². The molecule has 2 N–H and O–H groups in total. The van der Waals surface area contributed by atoms with Gasteiger partial charge in [0.1, 0.15) is 0 Å². The van der Waals surface area contributed by atoms with E-state index < -0.39 is 5.91 Å². The van der Waals surface area contributed by atoms with Crippen LogP contribution in [0.4, 0.5) is 0 Å². The highest BCUT2D eigenvalue weighted by atomic mass is 35.5. The summed E-state index contributed by atoms with van der Waals surface area (Å²) in [7, 11) is 2.94. The molecule has 5 nitrogen and oxygen atoms in total. The molecule has 1 aromatic carbocycles. The van der Waals surface area contributed by atoms with Crippen molar-refractivity contribution in [3.63, 3.8) is 0 Å². The monoisotopic (exact) mass is 245 g/mol. The molecule has 0 unspecified atom stereocenters. The fraction of sp³-hybridized carbons (Fsp3) is 0.300. The molecule has 0 bridgehead atoms. The van der Waals surface area contributed by atoms with Crippen LogP contribution in [-0.4, -0.2) is 25.3 Å². The third kappa shape index (κ3) is 2.77. The first-order valence-corrected chi connectivity index (χ1v) is 4.83. The summed E-state index contributed by atoms with van der Waals surface area (Å²) >= 11 is 5.85. The standard InChI is InChI=1S/C10H12ClNO4/c1-15-8-5-7(11)3-6(10(8)16-2)4-9(13)12-14/h3,5,14H,4H2,1-2H3,(H,12,13). The van der Waals surface area contributed by atoms with Crippen molar-refractivity contribution in [2.75, 3.05) is 14.2 Å². The van der Waals surface area contributed by atoms with E-state index in [0.717, 1.165) is 0 Å². The van der Waals surface area contributed by atoms with Gasteiger partial charge in [-0.15, -0.1) is 0 Å². The van der Waals surface area contributed by atoms with Crippen molar-refractivity contribution in [2.24, 2.45) is 0 Å². The van der Waals surface area contributed by atoms with Gasteiger partial charge in [-0.25, -0.2) is 5.48 Å². The van der Waals surface area contributed by atoms with Crippen LogP contribution in [0.1, 0.15) is 5.56 Å².